The lowest BCUT2D eigenvalue weighted by atomic mass is 9.96. The fourth-order valence-electron chi connectivity index (χ4n) is 1.97. The number of nitrogens with zero attached hydrogens (tertiary/aromatic N) is 2. The fraction of sp³-hybridized carbons (Fsp3) is 0.750. The molecule has 1 aromatic heterocycles. The van der Waals surface area contributed by atoms with Crippen molar-refractivity contribution >= 4 is 0 Å². The molecule has 0 amide bonds. The van der Waals surface area contributed by atoms with Gasteiger partial charge in [-0.2, -0.15) is 0 Å². The third kappa shape index (κ3) is 2.86. The standard InChI is InChI=1S/C12H22N2/c1-4-6-8-11(7-5-2)12-13-9-10-14(12)3/h9-11H,4-8H2,1-3H3. The Morgan fingerprint density at radius 3 is 2.57 bits per heavy atom. The van der Waals surface area contributed by atoms with Crippen molar-refractivity contribution < 1.29 is 0 Å². The van der Waals surface area contributed by atoms with Gasteiger partial charge < -0.3 is 4.57 Å². The molecular formula is C12H22N2. The summed E-state index contributed by atoms with van der Waals surface area (Å²) in [7, 11) is 2.09. The molecule has 1 rings (SSSR count). The SMILES string of the molecule is CCCCC(CCC)c1nccn1C. The molecular weight excluding hydrogens is 172 g/mol. The first kappa shape index (κ1) is 11.3. The molecule has 0 spiro atoms. The average Bonchev–Trinajstić information content (AvgIpc) is 2.59. The number of aromatic nitrogens is 2. The molecule has 1 atom stereocenters. The Labute approximate surface area is 87.4 Å². The summed E-state index contributed by atoms with van der Waals surface area (Å²) < 4.78 is 2.16. The van der Waals surface area contributed by atoms with Crippen LogP contribution in [0.3, 0.4) is 0 Å². The van der Waals surface area contributed by atoms with Gasteiger partial charge in [0.15, 0.2) is 0 Å². The van der Waals surface area contributed by atoms with Gasteiger partial charge in [-0.05, 0) is 12.8 Å². The summed E-state index contributed by atoms with van der Waals surface area (Å²) in [6.07, 6.45) is 10.4. The number of hydrogen-bond donors (Lipinski definition) is 0. The number of aryl methyl sites for hydroxylation is 1. The summed E-state index contributed by atoms with van der Waals surface area (Å²) in [5.41, 5.74) is 0. The molecule has 1 unspecified atom stereocenters. The van der Waals surface area contributed by atoms with Gasteiger partial charge in [-0.25, -0.2) is 4.98 Å². The second kappa shape index (κ2) is 5.84. The van der Waals surface area contributed by atoms with Gasteiger partial charge in [0.2, 0.25) is 0 Å². The Morgan fingerprint density at radius 2 is 2.07 bits per heavy atom. The van der Waals surface area contributed by atoms with Gasteiger partial charge in [-0.3, -0.25) is 0 Å². The van der Waals surface area contributed by atoms with Crippen molar-refractivity contribution in [2.24, 2.45) is 7.05 Å². The zero-order valence-electron chi connectivity index (χ0n) is 9.66. The van der Waals surface area contributed by atoms with Gasteiger partial charge in [-0.15, -0.1) is 0 Å². The van der Waals surface area contributed by atoms with Crippen LogP contribution in [0.5, 0.6) is 0 Å². The lowest BCUT2D eigenvalue weighted by Crippen LogP contribution is -2.06. The monoisotopic (exact) mass is 194 g/mol. The van der Waals surface area contributed by atoms with E-state index < -0.39 is 0 Å². The zero-order chi connectivity index (χ0) is 10.4. The second-order valence-corrected chi connectivity index (χ2v) is 4.02. The Balaban J connectivity index is 2.62. The molecule has 1 heterocycles. The second-order valence-electron chi connectivity index (χ2n) is 4.02. The van der Waals surface area contributed by atoms with E-state index in [-0.39, 0.29) is 0 Å². The molecule has 2 heteroatoms. The van der Waals surface area contributed by atoms with Gasteiger partial charge in [0.1, 0.15) is 5.82 Å². The zero-order valence-corrected chi connectivity index (χ0v) is 9.66. The predicted molar refractivity (Wildman–Crippen MR) is 60.4 cm³/mol. The molecule has 0 aliphatic rings. The highest BCUT2D eigenvalue weighted by atomic mass is 15.0. The minimum atomic E-state index is 0.667. The van der Waals surface area contributed by atoms with E-state index >= 15 is 0 Å². The minimum absolute atomic E-state index is 0.667. The van der Waals surface area contributed by atoms with E-state index in [9.17, 15) is 0 Å². The smallest absolute Gasteiger partial charge is 0.111 e. The maximum atomic E-state index is 4.45. The molecule has 80 valence electrons. The summed E-state index contributed by atoms with van der Waals surface area (Å²) in [5.74, 6) is 1.93. The summed E-state index contributed by atoms with van der Waals surface area (Å²) >= 11 is 0. The minimum Gasteiger partial charge on any atom is -0.338 e. The lowest BCUT2D eigenvalue weighted by Gasteiger charge is -2.15. The molecule has 2 nitrogen and oxygen atoms in total. The van der Waals surface area contributed by atoms with E-state index in [1.807, 2.05) is 12.4 Å². The summed E-state index contributed by atoms with van der Waals surface area (Å²) in [6.45, 7) is 4.50. The Hall–Kier alpha value is -0.790. The van der Waals surface area contributed by atoms with Crippen LogP contribution in [0.15, 0.2) is 12.4 Å². The van der Waals surface area contributed by atoms with Crippen LogP contribution < -0.4 is 0 Å². The van der Waals surface area contributed by atoms with Crippen molar-refractivity contribution in [3.63, 3.8) is 0 Å². The predicted octanol–water partition coefficient (Wildman–Crippen LogP) is 3.49. The van der Waals surface area contributed by atoms with Gasteiger partial charge in [0, 0.05) is 25.4 Å². The molecule has 0 bridgehead atoms. The first-order valence-electron chi connectivity index (χ1n) is 5.76. The van der Waals surface area contributed by atoms with E-state index in [2.05, 4.69) is 30.4 Å². The number of imidazole rings is 1. The van der Waals surface area contributed by atoms with E-state index in [0.29, 0.717) is 5.92 Å². The Kier molecular flexibility index (Phi) is 4.71. The molecule has 0 fully saturated rings. The van der Waals surface area contributed by atoms with Crippen LogP contribution in [-0.2, 0) is 7.05 Å². The van der Waals surface area contributed by atoms with Crippen LogP contribution in [0, 0.1) is 0 Å². The van der Waals surface area contributed by atoms with Crippen LogP contribution >= 0.6 is 0 Å². The van der Waals surface area contributed by atoms with E-state index in [1.165, 1.54) is 37.9 Å². The number of unbranched alkanes of at least 4 members (excludes halogenated alkanes) is 1. The molecule has 0 saturated heterocycles. The van der Waals surface area contributed by atoms with Crippen molar-refractivity contribution in [2.75, 3.05) is 0 Å². The largest absolute Gasteiger partial charge is 0.338 e. The molecule has 1 aromatic rings. The highest BCUT2D eigenvalue weighted by molar-refractivity contribution is 4.99. The van der Waals surface area contributed by atoms with Crippen LogP contribution in [0.4, 0.5) is 0 Å². The van der Waals surface area contributed by atoms with Crippen molar-refractivity contribution in [3.8, 4) is 0 Å². The van der Waals surface area contributed by atoms with Crippen LogP contribution in [0.2, 0.25) is 0 Å². The maximum Gasteiger partial charge on any atom is 0.111 e. The maximum absolute atomic E-state index is 4.45. The van der Waals surface area contributed by atoms with Crippen molar-refractivity contribution in [3.05, 3.63) is 18.2 Å². The Bertz CT molecular complexity index is 253. The van der Waals surface area contributed by atoms with E-state index in [0.717, 1.165) is 0 Å². The quantitative estimate of drug-likeness (QED) is 0.677. The molecule has 0 saturated carbocycles. The fourth-order valence-corrected chi connectivity index (χ4v) is 1.97. The third-order valence-electron chi connectivity index (χ3n) is 2.77. The number of rotatable bonds is 6. The first-order valence-corrected chi connectivity index (χ1v) is 5.76. The highest BCUT2D eigenvalue weighted by Gasteiger charge is 2.13. The van der Waals surface area contributed by atoms with Gasteiger partial charge in [0.25, 0.3) is 0 Å². The first-order chi connectivity index (χ1) is 6.79. The van der Waals surface area contributed by atoms with Crippen LogP contribution in [-0.4, -0.2) is 9.55 Å². The van der Waals surface area contributed by atoms with Gasteiger partial charge >= 0.3 is 0 Å². The normalized spacial score (nSPS) is 13.1. The third-order valence-corrected chi connectivity index (χ3v) is 2.77. The van der Waals surface area contributed by atoms with Crippen molar-refractivity contribution in [1.29, 1.82) is 0 Å². The topological polar surface area (TPSA) is 17.8 Å². The highest BCUT2D eigenvalue weighted by Crippen LogP contribution is 2.24. The molecule has 0 aliphatic heterocycles. The molecule has 0 N–H and O–H groups in total. The van der Waals surface area contributed by atoms with Gasteiger partial charge in [-0.1, -0.05) is 33.1 Å². The summed E-state index contributed by atoms with van der Waals surface area (Å²) in [6, 6.07) is 0. The van der Waals surface area contributed by atoms with Gasteiger partial charge in [0.05, 0.1) is 0 Å². The Morgan fingerprint density at radius 1 is 1.29 bits per heavy atom. The van der Waals surface area contributed by atoms with E-state index in [4.69, 9.17) is 0 Å². The lowest BCUT2D eigenvalue weighted by molar-refractivity contribution is 0.504. The van der Waals surface area contributed by atoms with Crippen molar-refractivity contribution in [1.82, 2.24) is 9.55 Å². The molecule has 0 aliphatic carbocycles. The molecule has 0 aromatic carbocycles. The van der Waals surface area contributed by atoms with Crippen molar-refractivity contribution in [2.45, 2.75) is 51.9 Å². The van der Waals surface area contributed by atoms with Crippen LogP contribution in [0.25, 0.3) is 0 Å². The summed E-state index contributed by atoms with van der Waals surface area (Å²) in [5, 5.41) is 0. The summed E-state index contributed by atoms with van der Waals surface area (Å²) in [4.78, 5) is 4.45. The number of hydrogen-bond acceptors (Lipinski definition) is 1. The average molecular weight is 194 g/mol. The molecule has 14 heavy (non-hydrogen) atoms. The van der Waals surface area contributed by atoms with Crippen LogP contribution in [0.1, 0.15) is 57.7 Å². The van der Waals surface area contributed by atoms with E-state index in [1.54, 1.807) is 0 Å². The molecule has 0 radical (unpaired) electrons.